The smallest absolute Gasteiger partial charge is 0.0804 e. The predicted molar refractivity (Wildman–Crippen MR) is 56.8 cm³/mol. The Balaban J connectivity index is 2.58. The first kappa shape index (κ1) is 10.6. The van der Waals surface area contributed by atoms with Crippen molar-refractivity contribution in [1.29, 1.82) is 0 Å². The van der Waals surface area contributed by atoms with Gasteiger partial charge in [0, 0.05) is 5.92 Å². The summed E-state index contributed by atoms with van der Waals surface area (Å²) in [6, 6.07) is 0. The summed E-state index contributed by atoms with van der Waals surface area (Å²) < 4.78 is 0. The van der Waals surface area contributed by atoms with Crippen molar-refractivity contribution in [2.75, 3.05) is 0 Å². The Bertz CT molecular complexity index is 220. The summed E-state index contributed by atoms with van der Waals surface area (Å²) >= 11 is 5.88. The van der Waals surface area contributed by atoms with Crippen LogP contribution in [-0.2, 0) is 0 Å². The normalized spacial score (nSPS) is 26.5. The molecule has 0 spiro atoms. The number of rotatable bonds is 3. The third-order valence-electron chi connectivity index (χ3n) is 2.22. The highest BCUT2D eigenvalue weighted by Gasteiger charge is 2.21. The fraction of sp³-hybridized carbons (Fsp3) is 0.455. The first-order valence-corrected chi connectivity index (χ1v) is 4.95. The van der Waals surface area contributed by atoms with Crippen molar-refractivity contribution in [3.05, 3.63) is 37.0 Å². The zero-order valence-corrected chi connectivity index (χ0v) is 8.32. The van der Waals surface area contributed by atoms with Gasteiger partial charge < -0.3 is 5.11 Å². The van der Waals surface area contributed by atoms with Gasteiger partial charge >= 0.3 is 0 Å². The van der Waals surface area contributed by atoms with Crippen molar-refractivity contribution in [3.63, 3.8) is 0 Å². The van der Waals surface area contributed by atoms with Gasteiger partial charge in [-0.1, -0.05) is 30.4 Å². The van der Waals surface area contributed by atoms with Gasteiger partial charge in [0.25, 0.3) is 0 Å². The molecule has 0 aromatic heterocycles. The van der Waals surface area contributed by atoms with E-state index < -0.39 is 6.10 Å². The summed E-state index contributed by atoms with van der Waals surface area (Å²) in [4.78, 5) is 0. The molecule has 0 fully saturated rings. The van der Waals surface area contributed by atoms with E-state index >= 15 is 0 Å². The van der Waals surface area contributed by atoms with Crippen molar-refractivity contribution in [1.82, 2.24) is 0 Å². The Labute approximate surface area is 84.4 Å². The van der Waals surface area contributed by atoms with Crippen LogP contribution in [0.5, 0.6) is 0 Å². The third kappa shape index (κ3) is 3.02. The molecule has 1 aliphatic rings. The van der Waals surface area contributed by atoms with Gasteiger partial charge in [-0.15, -0.1) is 18.2 Å². The second-order valence-corrected chi connectivity index (χ2v) is 3.71. The number of halogens is 1. The van der Waals surface area contributed by atoms with E-state index in [9.17, 15) is 5.11 Å². The fourth-order valence-corrected chi connectivity index (χ4v) is 1.58. The standard InChI is InChI=1S/C11H15ClO/c1-2-10(12)11(13)9-7-5-3-4-6-8-9/h2-3,5-6,8-11,13H,1,4,7H2/t9-,10+,11+/m1/s1. The molecule has 0 aromatic carbocycles. The van der Waals surface area contributed by atoms with Crippen LogP contribution in [0.25, 0.3) is 0 Å². The Kier molecular flexibility index (Phi) is 4.26. The lowest BCUT2D eigenvalue weighted by Crippen LogP contribution is -2.26. The van der Waals surface area contributed by atoms with Gasteiger partial charge in [0.1, 0.15) is 0 Å². The molecule has 1 aliphatic carbocycles. The van der Waals surface area contributed by atoms with Crippen LogP contribution in [0.4, 0.5) is 0 Å². The molecule has 0 saturated heterocycles. The summed E-state index contributed by atoms with van der Waals surface area (Å²) in [6.07, 6.45) is 11.1. The van der Waals surface area contributed by atoms with E-state index in [2.05, 4.69) is 24.8 Å². The minimum atomic E-state index is -0.529. The monoisotopic (exact) mass is 198 g/mol. The van der Waals surface area contributed by atoms with E-state index in [-0.39, 0.29) is 11.3 Å². The lowest BCUT2D eigenvalue weighted by Gasteiger charge is -2.20. The molecule has 72 valence electrons. The summed E-state index contributed by atoms with van der Waals surface area (Å²) in [5, 5.41) is 9.42. The zero-order chi connectivity index (χ0) is 9.68. The van der Waals surface area contributed by atoms with Gasteiger partial charge in [0.15, 0.2) is 0 Å². The molecule has 0 aliphatic heterocycles. The SMILES string of the molecule is C=C[C@H](Cl)[C@@H](O)[C@H]1C=CCC=CC1. The Morgan fingerprint density at radius 1 is 1.46 bits per heavy atom. The van der Waals surface area contributed by atoms with E-state index in [0.29, 0.717) is 0 Å². The van der Waals surface area contributed by atoms with Crippen molar-refractivity contribution in [2.45, 2.75) is 24.3 Å². The maximum Gasteiger partial charge on any atom is 0.0804 e. The van der Waals surface area contributed by atoms with E-state index in [0.717, 1.165) is 12.8 Å². The number of hydrogen-bond acceptors (Lipinski definition) is 1. The number of alkyl halides is 1. The van der Waals surface area contributed by atoms with Crippen LogP contribution in [0, 0.1) is 5.92 Å². The summed E-state index contributed by atoms with van der Waals surface area (Å²) in [5.41, 5.74) is 0. The second-order valence-electron chi connectivity index (χ2n) is 3.21. The highest BCUT2D eigenvalue weighted by molar-refractivity contribution is 6.22. The van der Waals surface area contributed by atoms with Gasteiger partial charge in [-0.2, -0.15) is 0 Å². The van der Waals surface area contributed by atoms with Crippen LogP contribution in [-0.4, -0.2) is 16.6 Å². The Hall–Kier alpha value is -0.530. The van der Waals surface area contributed by atoms with Crippen molar-refractivity contribution in [2.24, 2.45) is 5.92 Å². The highest BCUT2D eigenvalue weighted by Crippen LogP contribution is 2.21. The molecule has 0 heterocycles. The minimum Gasteiger partial charge on any atom is -0.391 e. The summed E-state index contributed by atoms with van der Waals surface area (Å²) in [6.45, 7) is 3.57. The van der Waals surface area contributed by atoms with Gasteiger partial charge in [0.05, 0.1) is 11.5 Å². The average molecular weight is 199 g/mol. The van der Waals surface area contributed by atoms with Crippen molar-refractivity contribution >= 4 is 11.6 Å². The van der Waals surface area contributed by atoms with Crippen LogP contribution in [0.2, 0.25) is 0 Å². The van der Waals surface area contributed by atoms with E-state index in [1.54, 1.807) is 6.08 Å². The van der Waals surface area contributed by atoms with Crippen LogP contribution in [0.3, 0.4) is 0 Å². The first-order valence-electron chi connectivity index (χ1n) is 4.52. The van der Waals surface area contributed by atoms with Gasteiger partial charge in [-0.3, -0.25) is 0 Å². The predicted octanol–water partition coefficient (Wildman–Crippen LogP) is 2.66. The fourth-order valence-electron chi connectivity index (χ4n) is 1.39. The minimum absolute atomic E-state index is 0.124. The van der Waals surface area contributed by atoms with Gasteiger partial charge in [-0.25, -0.2) is 0 Å². The maximum absolute atomic E-state index is 9.78. The Morgan fingerprint density at radius 3 is 2.92 bits per heavy atom. The number of aliphatic hydroxyl groups is 1. The highest BCUT2D eigenvalue weighted by atomic mass is 35.5. The lowest BCUT2D eigenvalue weighted by atomic mass is 9.96. The molecule has 0 aromatic rings. The zero-order valence-electron chi connectivity index (χ0n) is 7.57. The van der Waals surface area contributed by atoms with Crippen LogP contribution in [0.15, 0.2) is 37.0 Å². The average Bonchev–Trinajstić information content (AvgIpc) is 2.43. The molecule has 3 atom stereocenters. The molecular weight excluding hydrogens is 184 g/mol. The molecule has 0 saturated carbocycles. The first-order chi connectivity index (χ1) is 6.25. The number of hydrogen-bond donors (Lipinski definition) is 1. The number of allylic oxidation sites excluding steroid dienone is 3. The molecule has 0 amide bonds. The molecular formula is C11H15ClO. The summed E-state index contributed by atoms with van der Waals surface area (Å²) in [7, 11) is 0. The molecule has 0 bridgehead atoms. The molecule has 13 heavy (non-hydrogen) atoms. The lowest BCUT2D eigenvalue weighted by molar-refractivity contribution is 0.137. The third-order valence-corrected chi connectivity index (χ3v) is 2.66. The van der Waals surface area contributed by atoms with Gasteiger partial charge in [-0.05, 0) is 12.8 Å². The molecule has 1 N–H and O–H groups in total. The topological polar surface area (TPSA) is 20.2 Å². The van der Waals surface area contributed by atoms with Crippen LogP contribution in [0.1, 0.15) is 12.8 Å². The molecule has 2 heteroatoms. The van der Waals surface area contributed by atoms with Crippen LogP contribution >= 0.6 is 11.6 Å². The second kappa shape index (κ2) is 5.25. The van der Waals surface area contributed by atoms with E-state index in [1.807, 2.05) is 6.08 Å². The van der Waals surface area contributed by atoms with E-state index in [4.69, 9.17) is 11.6 Å². The molecule has 0 unspecified atom stereocenters. The Morgan fingerprint density at radius 2 is 2.23 bits per heavy atom. The van der Waals surface area contributed by atoms with E-state index in [1.165, 1.54) is 0 Å². The number of aliphatic hydroxyl groups excluding tert-OH is 1. The largest absolute Gasteiger partial charge is 0.391 e. The van der Waals surface area contributed by atoms with Crippen molar-refractivity contribution in [3.8, 4) is 0 Å². The van der Waals surface area contributed by atoms with Crippen LogP contribution < -0.4 is 0 Å². The summed E-state index contributed by atoms with van der Waals surface area (Å²) in [5.74, 6) is 0.124. The molecule has 1 nitrogen and oxygen atoms in total. The quantitative estimate of drug-likeness (QED) is 0.546. The van der Waals surface area contributed by atoms with Gasteiger partial charge in [0.2, 0.25) is 0 Å². The van der Waals surface area contributed by atoms with Crippen molar-refractivity contribution < 1.29 is 5.11 Å². The maximum atomic E-state index is 9.78. The molecule has 0 radical (unpaired) electrons. The molecule has 1 rings (SSSR count).